The van der Waals surface area contributed by atoms with Crippen LogP contribution >= 0.6 is 0 Å². The zero-order chi connectivity index (χ0) is 18.5. The molecule has 0 saturated carbocycles. The summed E-state index contributed by atoms with van der Waals surface area (Å²) < 4.78 is 19.0. The molecule has 0 bridgehead atoms. The molecule has 0 radical (unpaired) electrons. The van der Waals surface area contributed by atoms with Gasteiger partial charge in [0, 0.05) is 19.8 Å². The molecule has 0 amide bonds. The van der Waals surface area contributed by atoms with Crippen LogP contribution in [0.25, 0.3) is 0 Å². The lowest BCUT2D eigenvalue weighted by Crippen LogP contribution is -2.64. The largest absolute Gasteiger partial charge is 0.503 e. The van der Waals surface area contributed by atoms with Crippen molar-refractivity contribution in [3.63, 3.8) is 0 Å². The topological polar surface area (TPSA) is 27.7 Å². The van der Waals surface area contributed by atoms with Crippen LogP contribution in [0.15, 0.2) is 0 Å². The van der Waals surface area contributed by atoms with Gasteiger partial charge in [-0.1, -0.05) is 75.2 Å². The lowest BCUT2D eigenvalue weighted by atomic mass is 9.62. The summed E-state index contributed by atoms with van der Waals surface area (Å²) in [6.45, 7) is 20.4. The van der Waals surface area contributed by atoms with Crippen LogP contribution in [0.3, 0.4) is 0 Å². The van der Waals surface area contributed by atoms with Crippen LogP contribution in [0.5, 0.6) is 0 Å². The van der Waals surface area contributed by atoms with Gasteiger partial charge in [0.1, 0.15) is 0 Å². The Kier molecular flexibility index (Phi) is 9.02. The molecular weight excluding hydrogens is 304 g/mol. The van der Waals surface area contributed by atoms with Crippen LogP contribution in [0, 0.1) is 17.3 Å². The van der Waals surface area contributed by atoms with E-state index in [4.69, 9.17) is 13.3 Å². The maximum Gasteiger partial charge on any atom is 0.503 e. The molecule has 0 rings (SSSR count). The molecule has 0 aromatic rings. The van der Waals surface area contributed by atoms with E-state index in [2.05, 4.69) is 62.3 Å². The summed E-state index contributed by atoms with van der Waals surface area (Å²) >= 11 is 0. The Morgan fingerprint density at radius 1 is 0.783 bits per heavy atom. The van der Waals surface area contributed by atoms with Gasteiger partial charge in [0.25, 0.3) is 0 Å². The average Bonchev–Trinajstić information content (AvgIpc) is 2.53. The van der Waals surface area contributed by atoms with Gasteiger partial charge in [0.15, 0.2) is 0 Å². The lowest BCUT2D eigenvalue weighted by molar-refractivity contribution is -0.155. The van der Waals surface area contributed by atoms with Crippen LogP contribution < -0.4 is 0 Å². The van der Waals surface area contributed by atoms with Crippen molar-refractivity contribution in [1.82, 2.24) is 0 Å². The van der Waals surface area contributed by atoms with Gasteiger partial charge in [0.2, 0.25) is 0 Å². The third kappa shape index (κ3) is 4.39. The Morgan fingerprint density at radius 3 is 1.39 bits per heavy atom. The van der Waals surface area contributed by atoms with E-state index in [1.54, 1.807) is 14.2 Å². The molecule has 3 nitrogen and oxygen atoms in total. The molecule has 0 aromatic heterocycles. The summed E-state index contributed by atoms with van der Waals surface area (Å²) in [4.78, 5) is 0. The summed E-state index contributed by atoms with van der Waals surface area (Å²) in [5.41, 5.74) is 0.0195. The van der Waals surface area contributed by atoms with Crippen molar-refractivity contribution in [3.8, 4) is 0 Å². The van der Waals surface area contributed by atoms with E-state index in [0.29, 0.717) is 11.8 Å². The molecular formula is C19H42O3Si. The predicted molar refractivity (Wildman–Crippen MR) is 102 cm³/mol. The van der Waals surface area contributed by atoms with Crippen molar-refractivity contribution in [2.45, 2.75) is 92.7 Å². The second-order valence-corrected chi connectivity index (χ2v) is 11.3. The molecule has 0 N–H and O–H groups in total. The maximum atomic E-state index is 7.04. The molecule has 23 heavy (non-hydrogen) atoms. The van der Waals surface area contributed by atoms with E-state index in [1.807, 2.05) is 0 Å². The Labute approximate surface area is 146 Å². The van der Waals surface area contributed by atoms with Gasteiger partial charge in [-0.05, 0) is 23.7 Å². The Balaban J connectivity index is 6.23. The molecule has 3 unspecified atom stereocenters. The zero-order valence-electron chi connectivity index (χ0n) is 17.6. The van der Waals surface area contributed by atoms with E-state index in [1.165, 1.54) is 0 Å². The van der Waals surface area contributed by atoms with Gasteiger partial charge in [-0.15, -0.1) is 0 Å². The molecule has 3 atom stereocenters. The van der Waals surface area contributed by atoms with E-state index < -0.39 is 8.80 Å². The first-order valence-corrected chi connectivity index (χ1v) is 11.1. The third-order valence-electron chi connectivity index (χ3n) is 5.96. The van der Waals surface area contributed by atoms with Crippen molar-refractivity contribution >= 4 is 8.80 Å². The quantitative estimate of drug-likeness (QED) is 0.460. The van der Waals surface area contributed by atoms with Gasteiger partial charge >= 0.3 is 8.80 Å². The third-order valence-corrected chi connectivity index (χ3v) is 9.33. The fraction of sp³-hybridized carbons (Fsp3) is 1.00. The molecule has 140 valence electrons. The molecule has 0 fully saturated rings. The Morgan fingerprint density at radius 2 is 1.17 bits per heavy atom. The highest BCUT2D eigenvalue weighted by atomic mass is 28.4. The minimum Gasteiger partial charge on any atom is -0.377 e. The van der Waals surface area contributed by atoms with Crippen molar-refractivity contribution < 1.29 is 13.3 Å². The van der Waals surface area contributed by atoms with Crippen molar-refractivity contribution in [3.05, 3.63) is 0 Å². The molecule has 4 heteroatoms. The molecule has 0 aliphatic carbocycles. The first-order valence-electron chi connectivity index (χ1n) is 9.33. The number of hydrogen-bond donors (Lipinski definition) is 0. The van der Waals surface area contributed by atoms with Crippen LogP contribution in [-0.2, 0) is 13.3 Å². The van der Waals surface area contributed by atoms with Crippen LogP contribution in [0.1, 0.15) is 81.6 Å². The first kappa shape index (κ1) is 23.1. The van der Waals surface area contributed by atoms with Crippen molar-refractivity contribution in [2.24, 2.45) is 17.3 Å². The minimum absolute atomic E-state index is 0.000620. The molecule has 0 saturated heterocycles. The summed E-state index contributed by atoms with van der Waals surface area (Å²) in [5.74, 6) is 0.859. The van der Waals surface area contributed by atoms with Crippen molar-refractivity contribution in [2.75, 3.05) is 14.2 Å². The second kappa shape index (κ2) is 8.98. The fourth-order valence-corrected chi connectivity index (χ4v) is 7.10. The monoisotopic (exact) mass is 346 g/mol. The van der Waals surface area contributed by atoms with Crippen molar-refractivity contribution in [1.29, 1.82) is 0 Å². The second-order valence-electron chi connectivity index (χ2n) is 8.08. The average molecular weight is 347 g/mol. The first-order chi connectivity index (χ1) is 10.5. The van der Waals surface area contributed by atoms with Crippen LogP contribution in [0.4, 0.5) is 0 Å². The highest BCUT2D eigenvalue weighted by Gasteiger charge is 2.58. The molecule has 0 heterocycles. The summed E-state index contributed by atoms with van der Waals surface area (Å²) in [7, 11) is 0.755. The van der Waals surface area contributed by atoms with E-state index >= 15 is 0 Å². The van der Waals surface area contributed by atoms with Gasteiger partial charge in [-0.3, -0.25) is 0 Å². The fourth-order valence-electron chi connectivity index (χ4n) is 4.08. The lowest BCUT2D eigenvalue weighted by Gasteiger charge is -2.56. The Hall–Kier alpha value is 0.0969. The van der Waals surface area contributed by atoms with Gasteiger partial charge in [0.05, 0.1) is 5.60 Å². The minimum atomic E-state index is -2.75. The maximum absolute atomic E-state index is 7.04. The highest BCUT2D eigenvalue weighted by Crippen LogP contribution is 2.50. The molecule has 0 aliphatic heterocycles. The van der Waals surface area contributed by atoms with Gasteiger partial charge in [-0.2, -0.15) is 0 Å². The summed E-state index contributed by atoms with van der Waals surface area (Å²) in [6, 6.07) is 0. The smallest absolute Gasteiger partial charge is 0.377 e. The molecule has 0 aromatic carbocycles. The van der Waals surface area contributed by atoms with E-state index in [0.717, 1.165) is 19.3 Å². The molecule has 0 spiro atoms. The Bertz CT molecular complexity index is 324. The highest BCUT2D eigenvalue weighted by molar-refractivity contribution is 6.62. The number of rotatable bonds is 10. The van der Waals surface area contributed by atoms with Gasteiger partial charge < -0.3 is 13.3 Å². The summed E-state index contributed by atoms with van der Waals surface area (Å²) in [6.07, 6.45) is 3.16. The molecule has 0 aliphatic rings. The van der Waals surface area contributed by atoms with Gasteiger partial charge in [-0.25, -0.2) is 0 Å². The van der Waals surface area contributed by atoms with Crippen LogP contribution in [-0.4, -0.2) is 28.6 Å². The van der Waals surface area contributed by atoms with E-state index in [-0.39, 0.29) is 16.6 Å². The van der Waals surface area contributed by atoms with E-state index in [9.17, 15) is 0 Å². The summed E-state index contributed by atoms with van der Waals surface area (Å²) in [5, 5.41) is 0. The SMILES string of the molecule is CCC(C)C(O[Si](OC)(OC)C(C)CC)(C(C)CC)C(C)(C)C. The standard InChI is InChI=1S/C19H42O3Si/c1-12-15(4)19(16(5)13-2,18(7,8)9)22-23(20-10,21-11)17(6)14-3/h15-17H,12-14H2,1-11H3. The normalized spacial score (nSPS) is 20.0. The zero-order valence-corrected chi connectivity index (χ0v) is 18.6. The predicted octanol–water partition coefficient (Wildman–Crippen LogP) is 5.91. The number of hydrogen-bond acceptors (Lipinski definition) is 3. The van der Waals surface area contributed by atoms with Crippen LogP contribution in [0.2, 0.25) is 5.54 Å².